The Balaban J connectivity index is 0.00000100. The van der Waals surface area contributed by atoms with E-state index in [2.05, 4.69) is 10.2 Å². The van der Waals surface area contributed by atoms with Gasteiger partial charge in [0.2, 0.25) is 12.7 Å². The molecule has 3 rings (SSSR count). The van der Waals surface area contributed by atoms with Crippen molar-refractivity contribution in [3.05, 3.63) is 23.8 Å². The number of hydrogen-bond donors (Lipinski definition) is 2. The summed E-state index contributed by atoms with van der Waals surface area (Å²) in [6.07, 6.45) is 1.57. The molecule has 0 saturated carbocycles. The minimum Gasteiger partial charge on any atom is -0.454 e. The molecule has 0 radical (unpaired) electrons. The zero-order valence-electron chi connectivity index (χ0n) is 14.7. The molecule has 24 heavy (non-hydrogen) atoms. The number of carbonyl (C=O) groups excluding carboxylic acids is 1. The van der Waals surface area contributed by atoms with Crippen LogP contribution in [-0.2, 0) is 4.79 Å². The zero-order valence-corrected chi connectivity index (χ0v) is 14.7. The number of fused-ring (bicyclic) bond motifs is 1. The number of nitrogens with one attached hydrogen (secondary N) is 1. The summed E-state index contributed by atoms with van der Waals surface area (Å²) in [5.41, 5.74) is 0.724. The molecule has 2 aliphatic heterocycles. The lowest BCUT2D eigenvalue weighted by Gasteiger charge is -2.28. The van der Waals surface area contributed by atoms with Crippen LogP contribution in [0.1, 0.15) is 45.3 Å². The van der Waals surface area contributed by atoms with Gasteiger partial charge in [0, 0.05) is 13.5 Å². The number of rotatable bonds is 5. The highest BCUT2D eigenvalue weighted by Gasteiger charge is 2.27. The van der Waals surface area contributed by atoms with Crippen LogP contribution in [0, 0.1) is 0 Å². The molecule has 0 spiro atoms. The number of hydrogen-bond acceptors (Lipinski definition) is 5. The van der Waals surface area contributed by atoms with Crippen molar-refractivity contribution in [3.8, 4) is 11.5 Å². The summed E-state index contributed by atoms with van der Waals surface area (Å²) in [5, 5.41) is 13.6. The standard InChI is InChI=1S/C16H22N2O4.C2H6/c1-11(19)17-13(9-18-6-2-3-7-18)16(20)12-4-5-14-15(8-12)22-10-21-14;1-2/h4-5,8,13,16,20H,2-3,6-7,9-10H2,1H3,(H,17,19);1-2H3. The number of benzene rings is 1. The average Bonchev–Trinajstić information content (AvgIpc) is 3.25. The van der Waals surface area contributed by atoms with Crippen molar-refractivity contribution < 1.29 is 19.4 Å². The fourth-order valence-corrected chi connectivity index (χ4v) is 3.06. The molecule has 134 valence electrons. The highest BCUT2D eigenvalue weighted by molar-refractivity contribution is 5.73. The summed E-state index contributed by atoms with van der Waals surface area (Å²) in [6.45, 7) is 8.37. The molecule has 1 fully saturated rings. The van der Waals surface area contributed by atoms with Gasteiger partial charge in [-0.3, -0.25) is 4.79 Å². The molecule has 6 heteroatoms. The van der Waals surface area contributed by atoms with Gasteiger partial charge in [0.25, 0.3) is 0 Å². The summed E-state index contributed by atoms with van der Waals surface area (Å²) in [5.74, 6) is 1.19. The molecule has 1 aromatic rings. The molecule has 1 amide bonds. The molecule has 2 atom stereocenters. The second kappa shape index (κ2) is 8.89. The number of aliphatic hydroxyl groups excluding tert-OH is 1. The largest absolute Gasteiger partial charge is 0.454 e. The summed E-state index contributed by atoms with van der Waals surface area (Å²) in [4.78, 5) is 13.7. The van der Waals surface area contributed by atoms with Crippen molar-refractivity contribution in [3.63, 3.8) is 0 Å². The van der Waals surface area contributed by atoms with Crippen LogP contribution >= 0.6 is 0 Å². The van der Waals surface area contributed by atoms with Crippen molar-refractivity contribution in [2.45, 2.75) is 45.8 Å². The first kappa shape index (κ1) is 18.5. The Morgan fingerprint density at radius 3 is 2.58 bits per heavy atom. The van der Waals surface area contributed by atoms with Crippen LogP contribution in [0.4, 0.5) is 0 Å². The van der Waals surface area contributed by atoms with Crippen molar-refractivity contribution in [1.82, 2.24) is 10.2 Å². The van der Waals surface area contributed by atoms with E-state index in [1.165, 1.54) is 19.8 Å². The normalized spacial score (nSPS) is 18.5. The second-order valence-electron chi connectivity index (χ2n) is 5.87. The molecule has 2 N–H and O–H groups in total. The quantitative estimate of drug-likeness (QED) is 0.861. The second-order valence-corrected chi connectivity index (χ2v) is 5.87. The van der Waals surface area contributed by atoms with E-state index in [1.807, 2.05) is 19.9 Å². The number of likely N-dealkylation sites (tertiary alicyclic amines) is 1. The fourth-order valence-electron chi connectivity index (χ4n) is 3.06. The number of ether oxygens (including phenoxy) is 2. The SMILES string of the molecule is CC.CC(=O)NC(CN1CCCC1)C(O)c1ccc2c(c1)OCO2. The number of amides is 1. The average molecular weight is 336 g/mol. The topological polar surface area (TPSA) is 71.0 Å². The van der Waals surface area contributed by atoms with Gasteiger partial charge < -0.3 is 24.8 Å². The molecule has 0 bridgehead atoms. The Morgan fingerprint density at radius 1 is 1.25 bits per heavy atom. The third-order valence-electron chi connectivity index (χ3n) is 4.16. The molecule has 0 aromatic heterocycles. The molecule has 2 unspecified atom stereocenters. The van der Waals surface area contributed by atoms with Crippen LogP contribution < -0.4 is 14.8 Å². The van der Waals surface area contributed by atoms with E-state index in [1.54, 1.807) is 12.1 Å². The monoisotopic (exact) mass is 336 g/mol. The minimum absolute atomic E-state index is 0.135. The lowest BCUT2D eigenvalue weighted by atomic mass is 10.0. The predicted molar refractivity (Wildman–Crippen MR) is 92.2 cm³/mol. The molecule has 1 saturated heterocycles. The molecule has 1 aromatic carbocycles. The lowest BCUT2D eigenvalue weighted by molar-refractivity contribution is -0.120. The zero-order chi connectivity index (χ0) is 17.5. The molecule has 6 nitrogen and oxygen atoms in total. The van der Waals surface area contributed by atoms with Crippen LogP contribution in [0.3, 0.4) is 0 Å². The highest BCUT2D eigenvalue weighted by Crippen LogP contribution is 2.35. The van der Waals surface area contributed by atoms with E-state index >= 15 is 0 Å². The Hall–Kier alpha value is -1.79. The van der Waals surface area contributed by atoms with E-state index in [-0.39, 0.29) is 18.7 Å². The lowest BCUT2D eigenvalue weighted by Crippen LogP contribution is -2.45. The van der Waals surface area contributed by atoms with Gasteiger partial charge in [0.05, 0.1) is 6.04 Å². The number of nitrogens with zero attached hydrogens (tertiary/aromatic N) is 1. The first-order valence-corrected chi connectivity index (χ1v) is 8.70. The van der Waals surface area contributed by atoms with Gasteiger partial charge >= 0.3 is 0 Å². The number of carbonyl (C=O) groups is 1. The third-order valence-corrected chi connectivity index (χ3v) is 4.16. The first-order chi connectivity index (χ1) is 11.6. The highest BCUT2D eigenvalue weighted by atomic mass is 16.7. The molecular formula is C18H28N2O4. The smallest absolute Gasteiger partial charge is 0.231 e. The van der Waals surface area contributed by atoms with Gasteiger partial charge in [0.1, 0.15) is 6.10 Å². The van der Waals surface area contributed by atoms with E-state index in [4.69, 9.17) is 9.47 Å². The molecular weight excluding hydrogens is 308 g/mol. The van der Waals surface area contributed by atoms with Crippen LogP contribution in [0.5, 0.6) is 11.5 Å². The Bertz CT molecular complexity index is 544. The predicted octanol–water partition coefficient (Wildman–Crippen LogP) is 2.08. The minimum atomic E-state index is -0.779. The summed E-state index contributed by atoms with van der Waals surface area (Å²) in [7, 11) is 0. The van der Waals surface area contributed by atoms with Crippen LogP contribution in [0.15, 0.2) is 18.2 Å². The summed E-state index contributed by atoms with van der Waals surface area (Å²) < 4.78 is 10.6. The maximum Gasteiger partial charge on any atom is 0.231 e. The van der Waals surface area contributed by atoms with E-state index in [9.17, 15) is 9.90 Å². The van der Waals surface area contributed by atoms with Crippen molar-refractivity contribution in [2.24, 2.45) is 0 Å². The Labute approximate surface area is 143 Å². The van der Waals surface area contributed by atoms with Crippen molar-refractivity contribution >= 4 is 5.91 Å². The summed E-state index contributed by atoms with van der Waals surface area (Å²) >= 11 is 0. The molecule has 2 aliphatic rings. The Morgan fingerprint density at radius 2 is 1.92 bits per heavy atom. The van der Waals surface area contributed by atoms with Gasteiger partial charge in [-0.2, -0.15) is 0 Å². The first-order valence-electron chi connectivity index (χ1n) is 8.70. The molecule has 0 aliphatic carbocycles. The van der Waals surface area contributed by atoms with Crippen molar-refractivity contribution in [1.29, 1.82) is 0 Å². The van der Waals surface area contributed by atoms with Gasteiger partial charge in [0.15, 0.2) is 11.5 Å². The number of aliphatic hydroxyl groups is 1. The van der Waals surface area contributed by atoms with Crippen LogP contribution in [0.2, 0.25) is 0 Å². The van der Waals surface area contributed by atoms with E-state index in [0.717, 1.165) is 18.7 Å². The van der Waals surface area contributed by atoms with Gasteiger partial charge in [-0.25, -0.2) is 0 Å². The summed E-state index contributed by atoms with van der Waals surface area (Å²) in [6, 6.07) is 5.06. The van der Waals surface area contributed by atoms with E-state index < -0.39 is 6.10 Å². The fraction of sp³-hybridized carbons (Fsp3) is 0.611. The van der Waals surface area contributed by atoms with Gasteiger partial charge in [-0.1, -0.05) is 19.9 Å². The third kappa shape index (κ3) is 4.61. The molecule has 2 heterocycles. The van der Waals surface area contributed by atoms with Crippen LogP contribution in [0.25, 0.3) is 0 Å². The maximum atomic E-state index is 11.5. The van der Waals surface area contributed by atoms with Crippen molar-refractivity contribution in [2.75, 3.05) is 26.4 Å². The van der Waals surface area contributed by atoms with Gasteiger partial charge in [-0.15, -0.1) is 0 Å². The van der Waals surface area contributed by atoms with Gasteiger partial charge in [-0.05, 0) is 43.6 Å². The Kier molecular flexibility index (Phi) is 6.87. The maximum absolute atomic E-state index is 11.5. The van der Waals surface area contributed by atoms with Crippen LogP contribution in [-0.4, -0.2) is 48.4 Å². The van der Waals surface area contributed by atoms with E-state index in [0.29, 0.717) is 18.0 Å².